The standard InChI is InChI=1S/C39H37ClF3N9O5/c1-22-18-38(12-14-50(15-13-38)36(55)30-32(23(2)44-21-45-30)57-20-24-6-4-3-5-7-24)29-31(22)51(19-28(53)46-26-8-9-27(39(41,42)43)47-33(26)40)37-48-34(49-52(37)35(29)54)25-10-16-56-17-11-25/h3-10,21-22H,11-20H2,1-2H3,(H,46,53)/t22-/m1/s1. The number of anilines is 1. The quantitative estimate of drug-likeness (QED) is 0.191. The maximum absolute atomic E-state index is 14.6. The highest BCUT2D eigenvalue weighted by Gasteiger charge is 2.49. The summed E-state index contributed by atoms with van der Waals surface area (Å²) in [6, 6.07) is 11.3. The van der Waals surface area contributed by atoms with Crippen molar-refractivity contribution < 1.29 is 32.2 Å². The molecule has 6 heterocycles. The topological polar surface area (TPSA) is 159 Å². The number of benzene rings is 1. The van der Waals surface area contributed by atoms with Crippen molar-refractivity contribution in [1.29, 1.82) is 0 Å². The number of alkyl halides is 3. The molecule has 2 amide bonds. The number of nitrogens with one attached hydrogen (secondary N) is 1. The number of aromatic nitrogens is 7. The SMILES string of the molecule is Cc1ncnc(C(=O)N2CCC3(CC2)C[C@@H](C)c2c3c(=O)n3nc(C4=CCOCC4)nc3n2CC(=O)Nc2ccc(C(F)(F)F)nc2Cl)c1OCc1ccccc1. The van der Waals surface area contributed by atoms with E-state index < -0.39 is 28.3 Å². The van der Waals surface area contributed by atoms with Crippen LogP contribution in [0.5, 0.6) is 5.75 Å². The van der Waals surface area contributed by atoms with Gasteiger partial charge in [-0.05, 0) is 61.8 Å². The monoisotopic (exact) mass is 803 g/mol. The van der Waals surface area contributed by atoms with Gasteiger partial charge in [0.15, 0.2) is 22.4 Å². The lowest BCUT2D eigenvalue weighted by molar-refractivity contribution is -0.141. The van der Waals surface area contributed by atoms with Gasteiger partial charge in [0.25, 0.3) is 11.5 Å². The van der Waals surface area contributed by atoms with Gasteiger partial charge in [0.05, 0.1) is 24.6 Å². The number of fused-ring (bicyclic) bond motifs is 3. The molecule has 1 atom stereocenters. The number of carbonyl (C=O) groups is 2. The molecule has 1 aromatic carbocycles. The van der Waals surface area contributed by atoms with E-state index in [9.17, 15) is 27.6 Å². The molecule has 1 fully saturated rings. The summed E-state index contributed by atoms with van der Waals surface area (Å²) in [6.45, 7) is 5.07. The van der Waals surface area contributed by atoms with Gasteiger partial charge in [-0.15, -0.1) is 5.10 Å². The van der Waals surface area contributed by atoms with Crippen molar-refractivity contribution in [2.45, 2.75) is 70.2 Å². The number of rotatable bonds is 8. The molecule has 1 aliphatic carbocycles. The van der Waals surface area contributed by atoms with Gasteiger partial charge in [0, 0.05) is 29.8 Å². The van der Waals surface area contributed by atoms with Crippen molar-refractivity contribution >= 4 is 40.5 Å². The molecule has 57 heavy (non-hydrogen) atoms. The summed E-state index contributed by atoms with van der Waals surface area (Å²) in [5.74, 6) is -0.363. The molecule has 0 radical (unpaired) electrons. The average Bonchev–Trinajstić information content (AvgIpc) is 3.77. The zero-order chi connectivity index (χ0) is 40.1. The van der Waals surface area contributed by atoms with Gasteiger partial charge < -0.3 is 24.3 Å². The minimum atomic E-state index is -4.72. The predicted octanol–water partition coefficient (Wildman–Crippen LogP) is 5.76. The Labute approximate surface area is 328 Å². The van der Waals surface area contributed by atoms with E-state index in [1.807, 2.05) is 43.3 Å². The van der Waals surface area contributed by atoms with Crippen LogP contribution in [-0.4, -0.2) is 77.1 Å². The number of hydrogen-bond acceptors (Lipinski definition) is 10. The third kappa shape index (κ3) is 7.25. The molecular weight excluding hydrogens is 767 g/mol. The first-order valence-electron chi connectivity index (χ1n) is 18.5. The number of halogens is 4. The number of pyridine rings is 1. The summed E-state index contributed by atoms with van der Waals surface area (Å²) >= 11 is 6.07. The Balaban J connectivity index is 1.11. The van der Waals surface area contributed by atoms with Crippen LogP contribution in [0.3, 0.4) is 0 Å². The average molecular weight is 804 g/mol. The second-order valence-electron chi connectivity index (χ2n) is 14.5. The van der Waals surface area contributed by atoms with Crippen LogP contribution < -0.4 is 15.6 Å². The van der Waals surface area contributed by atoms with Crippen LogP contribution in [0.1, 0.15) is 83.0 Å². The summed E-state index contributed by atoms with van der Waals surface area (Å²) in [6.07, 6.45) is 0.461. The molecule has 3 aliphatic rings. The third-order valence-corrected chi connectivity index (χ3v) is 11.2. The minimum Gasteiger partial charge on any atom is -0.485 e. The van der Waals surface area contributed by atoms with E-state index in [0.717, 1.165) is 23.3 Å². The number of ether oxygens (including phenoxy) is 2. The molecule has 8 rings (SSSR count). The van der Waals surface area contributed by atoms with E-state index in [2.05, 4.69) is 25.4 Å². The fourth-order valence-corrected chi connectivity index (χ4v) is 8.37. The van der Waals surface area contributed by atoms with Crippen LogP contribution in [-0.2, 0) is 34.3 Å². The van der Waals surface area contributed by atoms with Crippen molar-refractivity contribution in [1.82, 2.24) is 39.0 Å². The Morgan fingerprint density at radius 2 is 1.86 bits per heavy atom. The molecule has 0 saturated carbocycles. The predicted molar refractivity (Wildman–Crippen MR) is 201 cm³/mol. The number of nitrogens with zero attached hydrogens (tertiary/aromatic N) is 8. The highest BCUT2D eigenvalue weighted by Crippen LogP contribution is 2.50. The molecule has 18 heteroatoms. The summed E-state index contributed by atoms with van der Waals surface area (Å²) in [4.78, 5) is 60.8. The molecule has 14 nitrogen and oxygen atoms in total. The van der Waals surface area contributed by atoms with Crippen LogP contribution in [0.25, 0.3) is 11.4 Å². The first-order chi connectivity index (χ1) is 27.3. The van der Waals surface area contributed by atoms with E-state index in [4.69, 9.17) is 26.1 Å². The smallest absolute Gasteiger partial charge is 0.433 e. The number of likely N-dealkylation sites (tertiary alicyclic amines) is 1. The molecule has 4 aromatic heterocycles. The van der Waals surface area contributed by atoms with E-state index in [1.165, 1.54) is 10.8 Å². The van der Waals surface area contributed by atoms with Gasteiger partial charge in [-0.25, -0.2) is 15.0 Å². The van der Waals surface area contributed by atoms with Gasteiger partial charge in [-0.2, -0.15) is 22.7 Å². The van der Waals surface area contributed by atoms with E-state index in [1.54, 1.807) is 16.4 Å². The summed E-state index contributed by atoms with van der Waals surface area (Å²) in [5.41, 5.74) is 1.21. The largest absolute Gasteiger partial charge is 0.485 e. The maximum atomic E-state index is 14.6. The molecule has 5 aromatic rings. The fraction of sp³-hybridized carbons (Fsp3) is 0.385. The second-order valence-corrected chi connectivity index (χ2v) is 14.9. The Morgan fingerprint density at radius 3 is 2.56 bits per heavy atom. The Morgan fingerprint density at radius 1 is 1.09 bits per heavy atom. The Kier molecular flexibility index (Phi) is 10.1. The molecule has 1 spiro atoms. The number of hydrogen-bond donors (Lipinski definition) is 1. The van der Waals surface area contributed by atoms with E-state index in [-0.39, 0.29) is 47.7 Å². The highest BCUT2D eigenvalue weighted by atomic mass is 35.5. The van der Waals surface area contributed by atoms with Crippen LogP contribution in [0.15, 0.2) is 59.7 Å². The van der Waals surface area contributed by atoms with Crippen LogP contribution >= 0.6 is 11.6 Å². The zero-order valence-corrected chi connectivity index (χ0v) is 31.7. The molecule has 0 unspecified atom stereocenters. The van der Waals surface area contributed by atoms with Crippen molar-refractivity contribution in [2.24, 2.45) is 0 Å². The first-order valence-corrected chi connectivity index (χ1v) is 18.8. The number of amides is 2. The van der Waals surface area contributed by atoms with Crippen LogP contribution in [0, 0.1) is 6.92 Å². The maximum Gasteiger partial charge on any atom is 0.433 e. The first kappa shape index (κ1) is 38.2. The number of carbonyl (C=O) groups excluding carboxylic acids is 2. The Hall–Kier alpha value is -5.68. The van der Waals surface area contributed by atoms with E-state index in [0.29, 0.717) is 80.5 Å². The van der Waals surface area contributed by atoms with Gasteiger partial charge >= 0.3 is 6.18 Å². The highest BCUT2D eigenvalue weighted by molar-refractivity contribution is 6.32. The molecule has 296 valence electrons. The zero-order valence-electron chi connectivity index (χ0n) is 31.0. The van der Waals surface area contributed by atoms with Crippen molar-refractivity contribution in [3.63, 3.8) is 0 Å². The van der Waals surface area contributed by atoms with E-state index >= 15 is 0 Å². The van der Waals surface area contributed by atoms with Gasteiger partial charge in [0.1, 0.15) is 25.2 Å². The van der Waals surface area contributed by atoms with Crippen molar-refractivity contribution in [3.05, 3.63) is 110 Å². The molecule has 2 aliphatic heterocycles. The van der Waals surface area contributed by atoms with Crippen molar-refractivity contribution in [2.75, 3.05) is 31.6 Å². The Bertz CT molecular complexity index is 2480. The molecule has 0 bridgehead atoms. The van der Waals surface area contributed by atoms with Crippen LogP contribution in [0.2, 0.25) is 5.15 Å². The number of piperidine rings is 1. The van der Waals surface area contributed by atoms with Gasteiger partial charge in [-0.3, -0.25) is 14.4 Å². The van der Waals surface area contributed by atoms with Crippen LogP contribution in [0.4, 0.5) is 18.9 Å². The molecule has 1 saturated heterocycles. The molecule has 1 N–H and O–H groups in total. The lowest BCUT2D eigenvalue weighted by Crippen LogP contribution is -2.47. The summed E-state index contributed by atoms with van der Waals surface area (Å²) in [5, 5.41) is 6.69. The second kappa shape index (κ2) is 15.0. The third-order valence-electron chi connectivity index (χ3n) is 10.9. The van der Waals surface area contributed by atoms with Gasteiger partial charge in [-0.1, -0.05) is 54.9 Å². The number of aryl methyl sites for hydroxylation is 1. The lowest BCUT2D eigenvalue weighted by Gasteiger charge is -2.39. The minimum absolute atomic E-state index is 0.105. The molecular formula is C39H37ClF3N9O5. The fourth-order valence-electron chi connectivity index (χ4n) is 8.17. The van der Waals surface area contributed by atoms with Crippen molar-refractivity contribution in [3.8, 4) is 5.75 Å². The lowest BCUT2D eigenvalue weighted by atomic mass is 9.73. The summed E-state index contributed by atoms with van der Waals surface area (Å²) < 4.78 is 54.2. The summed E-state index contributed by atoms with van der Waals surface area (Å²) in [7, 11) is 0. The normalized spacial score (nSPS) is 17.8. The van der Waals surface area contributed by atoms with Gasteiger partial charge in [0.2, 0.25) is 11.7 Å².